The molecule has 10 heavy (non-hydrogen) atoms. The highest BCUT2D eigenvalue weighted by Crippen LogP contribution is 0.871. The van der Waals surface area contributed by atoms with Gasteiger partial charge in [-0.05, 0) is 0 Å². The van der Waals surface area contributed by atoms with Crippen LogP contribution in [0.15, 0.2) is 0 Å². The van der Waals surface area contributed by atoms with Crippen LogP contribution in [-0.4, -0.2) is 12.2 Å². The van der Waals surface area contributed by atoms with Gasteiger partial charge in [0, 0.05) is 0 Å². The molecule has 0 aliphatic heterocycles. The van der Waals surface area contributed by atoms with Crippen molar-refractivity contribution in [2.45, 2.75) is 29.7 Å². The van der Waals surface area contributed by atoms with Crippen LogP contribution >= 0.6 is 0 Å². The molecular formula is C6H18N2O2. The van der Waals surface area contributed by atoms with E-state index in [-0.39, 0.29) is 29.7 Å². The highest BCUT2D eigenvalue weighted by atomic mass is 16.1. The first-order valence-electron chi connectivity index (χ1n) is 0.908. The van der Waals surface area contributed by atoms with Crippen LogP contribution in [0.5, 0.6) is 0 Å². The number of nitrogens with one attached hydrogen (secondary N) is 2. The predicted octanol–water partition coefficient (Wildman–Crippen LogP) is 2.35. The van der Waals surface area contributed by atoms with Gasteiger partial charge in [0.1, 0.15) is 0 Å². The first-order chi connectivity index (χ1) is 2.83. The predicted molar refractivity (Wildman–Crippen MR) is 43.8 cm³/mol. The molecule has 0 amide bonds. The third-order valence-electron chi connectivity index (χ3n) is 0. The van der Waals surface area contributed by atoms with E-state index in [2.05, 4.69) is 0 Å². The molecule has 0 unspecified atom stereocenters. The van der Waals surface area contributed by atoms with Gasteiger partial charge in [0.25, 0.3) is 0 Å². The van der Waals surface area contributed by atoms with Crippen molar-refractivity contribution in [2.75, 3.05) is 0 Å². The molecule has 0 saturated carbocycles. The number of carbonyl (C=O) groups excluding carboxylic acids is 2. The quantitative estimate of drug-likeness (QED) is 0.410. The van der Waals surface area contributed by atoms with Crippen molar-refractivity contribution in [3.63, 3.8) is 0 Å². The normalized spacial score (nSPS) is 1.60. The van der Waals surface area contributed by atoms with Gasteiger partial charge in [-0.3, -0.25) is 0 Å². The lowest BCUT2D eigenvalue weighted by molar-refractivity contribution is 0.562. The number of hydrogen-bond donors (Lipinski definition) is 2. The molecule has 0 aliphatic rings. The summed E-state index contributed by atoms with van der Waals surface area (Å²) in [5.41, 5.74) is 0. The van der Waals surface area contributed by atoms with E-state index in [9.17, 15) is 0 Å². The Balaban J connectivity index is -0.00000000571. The van der Waals surface area contributed by atoms with Crippen molar-refractivity contribution < 1.29 is 9.59 Å². The topological polar surface area (TPSA) is 81.8 Å². The molecule has 0 fully saturated rings. The summed E-state index contributed by atoms with van der Waals surface area (Å²) in [6.07, 6.45) is 1.50. The van der Waals surface area contributed by atoms with Crippen LogP contribution in [0.25, 0.3) is 0 Å². The highest BCUT2D eigenvalue weighted by Gasteiger charge is 1.04. The van der Waals surface area contributed by atoms with E-state index < -0.39 is 0 Å². The van der Waals surface area contributed by atoms with E-state index in [1.165, 1.54) is 0 Å². The van der Waals surface area contributed by atoms with Crippen molar-refractivity contribution in [2.24, 2.45) is 0 Å². The molecule has 0 aliphatic carbocycles. The molecule has 0 rings (SSSR count). The first-order valence-corrected chi connectivity index (χ1v) is 0.908. The summed E-state index contributed by atoms with van der Waals surface area (Å²) in [4.78, 5) is 16.7. The second-order valence-corrected chi connectivity index (χ2v) is 0.204. The van der Waals surface area contributed by atoms with Crippen molar-refractivity contribution >= 4 is 12.2 Å². The molecule has 64 valence electrons. The molecular weight excluding hydrogens is 132 g/mol. The minimum Gasteiger partial charge on any atom is -0.222 e. The number of isocyanates is 2. The largest absolute Gasteiger partial charge is 0.231 e. The van der Waals surface area contributed by atoms with Gasteiger partial charge in [0.2, 0.25) is 12.2 Å². The van der Waals surface area contributed by atoms with E-state index in [4.69, 9.17) is 20.4 Å². The van der Waals surface area contributed by atoms with Crippen LogP contribution in [0.2, 0.25) is 0 Å². The molecule has 0 radical (unpaired) electrons. The summed E-state index contributed by atoms with van der Waals surface area (Å²) >= 11 is 0. The lowest BCUT2D eigenvalue weighted by atomic mass is 11.7. The minimum atomic E-state index is 0. The maximum Gasteiger partial charge on any atom is 0.231 e. The molecule has 0 aromatic rings. The fraction of sp³-hybridized carbons (Fsp3) is 0.667. The van der Waals surface area contributed by atoms with Crippen LogP contribution in [0.1, 0.15) is 29.7 Å². The third-order valence-corrected chi connectivity index (χ3v) is 0. The third kappa shape index (κ3) is 146. The Bertz CT molecular complexity index is 67.7. The Morgan fingerprint density at radius 1 is 0.700 bits per heavy atom. The van der Waals surface area contributed by atoms with Gasteiger partial charge in [-0.1, -0.05) is 29.7 Å². The molecule has 0 bridgehead atoms. The van der Waals surface area contributed by atoms with Gasteiger partial charge in [-0.15, -0.1) is 0 Å². The molecule has 0 saturated heterocycles. The van der Waals surface area contributed by atoms with Crippen molar-refractivity contribution in [1.82, 2.24) is 0 Å². The number of rotatable bonds is 0. The average Bonchev–Trinajstić information content (AvgIpc) is 1.39. The van der Waals surface area contributed by atoms with Crippen LogP contribution in [0.3, 0.4) is 0 Å². The maximum absolute atomic E-state index is 8.35. The molecule has 4 heteroatoms. The molecule has 2 N–H and O–H groups in total. The summed E-state index contributed by atoms with van der Waals surface area (Å²) < 4.78 is 0. The Morgan fingerprint density at radius 3 is 0.700 bits per heavy atom. The van der Waals surface area contributed by atoms with Crippen molar-refractivity contribution in [3.8, 4) is 0 Å². The van der Waals surface area contributed by atoms with E-state index in [0.29, 0.717) is 0 Å². The Morgan fingerprint density at radius 2 is 0.700 bits per heavy atom. The fourth-order valence-corrected chi connectivity index (χ4v) is 0. The van der Waals surface area contributed by atoms with Gasteiger partial charge in [-0.25, -0.2) is 20.4 Å². The summed E-state index contributed by atoms with van der Waals surface area (Å²) in [5, 5.41) is 10.8. The molecule has 0 aromatic carbocycles. The van der Waals surface area contributed by atoms with Gasteiger partial charge < -0.3 is 0 Å². The van der Waals surface area contributed by atoms with Crippen molar-refractivity contribution in [1.29, 1.82) is 10.8 Å². The van der Waals surface area contributed by atoms with Crippen LogP contribution < -0.4 is 0 Å². The minimum absolute atomic E-state index is 0. The zero-order valence-electron chi connectivity index (χ0n) is 2.82. The number of hydrogen-bond acceptors (Lipinski definition) is 4. The average molecular weight is 150 g/mol. The molecule has 0 aromatic heterocycles. The van der Waals surface area contributed by atoms with E-state index in [1.807, 2.05) is 0 Å². The van der Waals surface area contributed by atoms with Crippen LogP contribution in [0.4, 0.5) is 0 Å². The smallest absolute Gasteiger partial charge is 0.222 e. The molecule has 0 spiro atoms. The lowest BCUT2D eigenvalue weighted by Crippen LogP contribution is -1.16. The second-order valence-electron chi connectivity index (χ2n) is 0.204. The summed E-state index contributed by atoms with van der Waals surface area (Å²) in [5.74, 6) is 0. The van der Waals surface area contributed by atoms with E-state index in [0.717, 1.165) is 12.2 Å². The van der Waals surface area contributed by atoms with Crippen LogP contribution in [-0.2, 0) is 9.59 Å². The Labute approximate surface area is 63.3 Å². The maximum atomic E-state index is 8.35. The van der Waals surface area contributed by atoms with Gasteiger partial charge in [0.05, 0.1) is 0 Å². The van der Waals surface area contributed by atoms with Crippen molar-refractivity contribution in [3.05, 3.63) is 0 Å². The second kappa shape index (κ2) is 614. The summed E-state index contributed by atoms with van der Waals surface area (Å²) in [6.45, 7) is 0. The molecule has 0 heterocycles. The van der Waals surface area contributed by atoms with E-state index >= 15 is 0 Å². The monoisotopic (exact) mass is 150 g/mol. The van der Waals surface area contributed by atoms with Crippen LogP contribution in [0, 0.1) is 10.8 Å². The van der Waals surface area contributed by atoms with Gasteiger partial charge in [-0.2, -0.15) is 0 Å². The SMILES string of the molecule is C.C.C.C.N=C=O.N=C=O. The highest BCUT2D eigenvalue weighted by molar-refractivity contribution is 5.26. The lowest BCUT2D eigenvalue weighted by Gasteiger charge is -1.02. The standard InChI is InChI=1S/2CHNO.4CH4/c2*2-1-3;;;;/h2*2H;4*1H4. The fourth-order valence-electron chi connectivity index (χ4n) is 0. The molecule has 0 atom stereocenters. The zero-order chi connectivity index (χ0) is 5.41. The Hall–Kier alpha value is -1.24. The van der Waals surface area contributed by atoms with E-state index in [1.54, 1.807) is 0 Å². The molecule has 4 nitrogen and oxygen atoms in total. The first kappa shape index (κ1) is 69.2. The van der Waals surface area contributed by atoms with Gasteiger partial charge >= 0.3 is 0 Å². The van der Waals surface area contributed by atoms with Gasteiger partial charge in [0.15, 0.2) is 0 Å². The zero-order valence-corrected chi connectivity index (χ0v) is 2.82. The Kier molecular flexibility index (Phi) is 4250. The summed E-state index contributed by atoms with van der Waals surface area (Å²) in [6, 6.07) is 0. The summed E-state index contributed by atoms with van der Waals surface area (Å²) in [7, 11) is 0.